The second kappa shape index (κ2) is 12.0. The van der Waals surface area contributed by atoms with E-state index >= 15 is 0 Å². The Balaban J connectivity index is 0.00000420. The maximum atomic E-state index is 13.5. The fourth-order valence-electron chi connectivity index (χ4n) is 2.87. The van der Waals surface area contributed by atoms with Gasteiger partial charge in [-0.2, -0.15) is 4.31 Å². The van der Waals surface area contributed by atoms with Gasteiger partial charge in [-0.3, -0.25) is 4.99 Å². The van der Waals surface area contributed by atoms with Crippen molar-refractivity contribution in [2.24, 2.45) is 4.99 Å². The molecule has 0 radical (unpaired) electrons. The van der Waals surface area contributed by atoms with Gasteiger partial charge in [0.1, 0.15) is 5.82 Å². The molecule has 29 heavy (non-hydrogen) atoms. The summed E-state index contributed by atoms with van der Waals surface area (Å²) in [6.45, 7) is 8.96. The number of guanidine groups is 1. The minimum absolute atomic E-state index is 0. The number of hydrogen-bond acceptors (Lipinski definition) is 4. The molecule has 0 aliphatic carbocycles. The molecule has 7 nitrogen and oxygen atoms in total. The normalized spacial score (nSPS) is 16.2. The van der Waals surface area contributed by atoms with Gasteiger partial charge in [0, 0.05) is 31.6 Å². The highest BCUT2D eigenvalue weighted by molar-refractivity contribution is 14.0. The Morgan fingerprint density at radius 2 is 1.97 bits per heavy atom. The summed E-state index contributed by atoms with van der Waals surface area (Å²) in [5.41, 5.74) is 0.506. The van der Waals surface area contributed by atoms with Crippen molar-refractivity contribution in [3.05, 3.63) is 35.6 Å². The second-order valence-corrected chi connectivity index (χ2v) is 9.43. The van der Waals surface area contributed by atoms with Gasteiger partial charge in [0.05, 0.1) is 25.5 Å². The van der Waals surface area contributed by atoms with Crippen molar-refractivity contribution in [1.29, 1.82) is 0 Å². The van der Waals surface area contributed by atoms with Crippen molar-refractivity contribution in [1.82, 2.24) is 14.9 Å². The summed E-state index contributed by atoms with van der Waals surface area (Å²) < 4.78 is 45.0. The van der Waals surface area contributed by atoms with Gasteiger partial charge in [-0.05, 0) is 24.6 Å². The molecule has 1 aromatic carbocycles. The third-order valence-electron chi connectivity index (χ3n) is 4.60. The Morgan fingerprint density at radius 3 is 2.59 bits per heavy atom. The molecule has 0 aromatic heterocycles. The number of hydrogen-bond donors (Lipinski definition) is 2. The van der Waals surface area contributed by atoms with E-state index in [1.165, 1.54) is 16.4 Å². The molecule has 0 spiro atoms. The van der Waals surface area contributed by atoms with Crippen LogP contribution in [0.4, 0.5) is 4.39 Å². The first-order chi connectivity index (χ1) is 13.2. The van der Waals surface area contributed by atoms with Crippen LogP contribution in [0.1, 0.15) is 26.3 Å². The molecule has 0 unspecified atom stereocenters. The maximum Gasteiger partial charge on any atom is 0.215 e. The van der Waals surface area contributed by atoms with E-state index in [1.54, 1.807) is 6.07 Å². The molecule has 0 amide bonds. The largest absolute Gasteiger partial charge is 0.379 e. The minimum Gasteiger partial charge on any atom is -0.379 e. The number of rotatable bonds is 8. The summed E-state index contributed by atoms with van der Waals surface area (Å²) in [5.74, 6) is 0.266. The van der Waals surface area contributed by atoms with Gasteiger partial charge in [0.15, 0.2) is 5.96 Å². The summed E-state index contributed by atoms with van der Waals surface area (Å²) in [5, 5.41) is 6.20. The zero-order valence-electron chi connectivity index (χ0n) is 17.3. The average Bonchev–Trinajstić information content (AvgIpc) is 2.67. The van der Waals surface area contributed by atoms with E-state index in [0.717, 1.165) is 5.56 Å². The van der Waals surface area contributed by atoms with Gasteiger partial charge in [-0.25, -0.2) is 12.8 Å². The fourth-order valence-corrected chi connectivity index (χ4v) is 4.20. The number of morpholine rings is 1. The van der Waals surface area contributed by atoms with Crippen LogP contribution in [0.5, 0.6) is 0 Å². The number of ether oxygens (including phenoxy) is 1. The van der Waals surface area contributed by atoms with Crippen molar-refractivity contribution in [3.8, 4) is 0 Å². The van der Waals surface area contributed by atoms with Gasteiger partial charge in [-0.1, -0.05) is 26.0 Å². The van der Waals surface area contributed by atoms with Crippen LogP contribution in [0.25, 0.3) is 0 Å². The first-order valence-electron chi connectivity index (χ1n) is 9.58. The van der Waals surface area contributed by atoms with Crippen molar-refractivity contribution in [2.45, 2.75) is 26.2 Å². The summed E-state index contributed by atoms with van der Waals surface area (Å²) in [4.78, 5) is 4.57. The number of sulfonamides is 1. The molecule has 1 aliphatic rings. The van der Waals surface area contributed by atoms with Crippen LogP contribution in [0.15, 0.2) is 29.3 Å². The Labute approximate surface area is 190 Å². The van der Waals surface area contributed by atoms with Gasteiger partial charge in [0.2, 0.25) is 10.0 Å². The van der Waals surface area contributed by atoms with E-state index in [0.29, 0.717) is 45.4 Å². The molecule has 166 valence electrons. The monoisotopic (exact) mass is 542 g/mol. The zero-order valence-corrected chi connectivity index (χ0v) is 20.4. The van der Waals surface area contributed by atoms with Crippen LogP contribution < -0.4 is 10.6 Å². The Morgan fingerprint density at radius 1 is 1.28 bits per heavy atom. The molecule has 1 heterocycles. The van der Waals surface area contributed by atoms with Gasteiger partial charge in [0.25, 0.3) is 0 Å². The minimum atomic E-state index is -3.32. The van der Waals surface area contributed by atoms with E-state index < -0.39 is 10.0 Å². The van der Waals surface area contributed by atoms with Crippen molar-refractivity contribution in [2.75, 3.05) is 51.7 Å². The molecular weight excluding hydrogens is 510 g/mol. The number of nitrogens with one attached hydrogen (secondary N) is 2. The van der Waals surface area contributed by atoms with Gasteiger partial charge < -0.3 is 15.4 Å². The highest BCUT2D eigenvalue weighted by atomic mass is 127. The summed E-state index contributed by atoms with van der Waals surface area (Å²) in [6, 6.07) is 6.51. The Kier molecular flexibility index (Phi) is 10.8. The predicted molar refractivity (Wildman–Crippen MR) is 125 cm³/mol. The Bertz CT molecular complexity index is 768. The van der Waals surface area contributed by atoms with Crippen LogP contribution in [-0.2, 0) is 20.2 Å². The molecule has 1 aliphatic heterocycles. The predicted octanol–water partition coefficient (Wildman–Crippen LogP) is 1.94. The average molecular weight is 542 g/mol. The SMILES string of the molecule is CCNC(=NCC(C)(C)c1cccc(F)c1)NCCS(=O)(=O)N1CCOCC1.I. The topological polar surface area (TPSA) is 83.0 Å². The van der Waals surface area contributed by atoms with Crippen LogP contribution in [0.2, 0.25) is 0 Å². The lowest BCUT2D eigenvalue weighted by Crippen LogP contribution is -2.45. The Hall–Kier alpha value is -0.980. The molecule has 0 atom stereocenters. The highest BCUT2D eigenvalue weighted by Crippen LogP contribution is 2.24. The fraction of sp³-hybridized carbons (Fsp3) is 0.632. The zero-order chi connectivity index (χ0) is 20.6. The second-order valence-electron chi connectivity index (χ2n) is 7.34. The third kappa shape index (κ3) is 8.35. The maximum absolute atomic E-state index is 13.5. The van der Waals surface area contributed by atoms with Crippen molar-refractivity contribution < 1.29 is 17.5 Å². The highest BCUT2D eigenvalue weighted by Gasteiger charge is 2.24. The van der Waals surface area contributed by atoms with E-state index in [1.807, 2.05) is 26.8 Å². The van der Waals surface area contributed by atoms with Crippen LogP contribution in [0.3, 0.4) is 0 Å². The van der Waals surface area contributed by atoms with E-state index in [2.05, 4.69) is 15.6 Å². The molecule has 0 saturated carbocycles. The quantitative estimate of drug-likeness (QED) is 0.298. The molecule has 2 rings (SSSR count). The lowest BCUT2D eigenvalue weighted by molar-refractivity contribution is 0.0730. The summed E-state index contributed by atoms with van der Waals surface area (Å²) in [6.07, 6.45) is 0. The lowest BCUT2D eigenvalue weighted by atomic mass is 9.85. The van der Waals surface area contributed by atoms with Crippen LogP contribution >= 0.6 is 24.0 Å². The number of aliphatic imine (C=N–C) groups is 1. The third-order valence-corrected chi connectivity index (χ3v) is 6.47. The molecule has 0 bridgehead atoms. The molecule has 2 N–H and O–H groups in total. The standard InChI is InChI=1S/C19H31FN4O3S.HI/c1-4-21-18(22-8-13-28(25,26)24-9-11-27-12-10-24)23-15-19(2,3)16-6-5-7-17(20)14-16;/h5-7,14H,4,8-13,15H2,1-3H3,(H2,21,22,23);1H. The summed E-state index contributed by atoms with van der Waals surface area (Å²) in [7, 11) is -3.32. The molecule has 1 saturated heterocycles. The van der Waals surface area contributed by atoms with Gasteiger partial charge in [-0.15, -0.1) is 24.0 Å². The van der Waals surface area contributed by atoms with Crippen LogP contribution in [0, 0.1) is 5.82 Å². The van der Waals surface area contributed by atoms with Crippen LogP contribution in [-0.4, -0.2) is 70.4 Å². The molecule has 1 aromatic rings. The van der Waals surface area contributed by atoms with Gasteiger partial charge >= 0.3 is 0 Å². The smallest absolute Gasteiger partial charge is 0.215 e. The van der Waals surface area contributed by atoms with E-state index in [-0.39, 0.29) is 47.5 Å². The first-order valence-corrected chi connectivity index (χ1v) is 11.2. The van der Waals surface area contributed by atoms with E-state index in [9.17, 15) is 12.8 Å². The molecular formula is C19H32FIN4O3S. The summed E-state index contributed by atoms with van der Waals surface area (Å²) >= 11 is 0. The first kappa shape index (κ1) is 26.1. The molecule has 1 fully saturated rings. The van der Waals surface area contributed by atoms with Crippen molar-refractivity contribution >= 4 is 40.0 Å². The molecule has 10 heteroatoms. The van der Waals surface area contributed by atoms with E-state index in [4.69, 9.17) is 4.74 Å². The number of nitrogens with zero attached hydrogens (tertiary/aromatic N) is 2. The number of halogens is 2. The number of benzene rings is 1. The lowest BCUT2D eigenvalue weighted by Gasteiger charge is -2.26. The van der Waals surface area contributed by atoms with Crippen molar-refractivity contribution in [3.63, 3.8) is 0 Å².